The molecule has 7 rings (SSSR count). The molecule has 2 saturated carbocycles. The number of fused-ring (bicyclic) bond motifs is 5. The SMILES string of the molecule is CC(=O)O[C@@]12CO[C@@H]1C[C@H](O)[C@@]1(C)C(=O)[C@H](OC(=O)CCCCO[C@@H]3O[C@H](CO)[C@@H](O)[C@H](O)[C@H]3O)C3=C(C)[C@@H](OC(=O)[C@H](O)[C@@H](NC(=O)OC(C)(C)C)c4ccccc4)C[C@@](O)([C@@H](OC(=O)c4ccccc4)[C@H]21)C3(C)C. The van der Waals surface area contributed by atoms with E-state index in [1.165, 1.54) is 39.8 Å². The molecule has 4 fully saturated rings. The maximum atomic E-state index is 16.0. The fourth-order valence-electron chi connectivity index (χ4n) is 11.6. The van der Waals surface area contributed by atoms with Crippen molar-refractivity contribution in [1.82, 2.24) is 5.32 Å². The Morgan fingerprint density at radius 3 is 2.12 bits per heavy atom. The van der Waals surface area contributed by atoms with E-state index in [0.717, 1.165) is 6.92 Å². The van der Waals surface area contributed by atoms with E-state index in [0.29, 0.717) is 0 Å². The third-order valence-electron chi connectivity index (χ3n) is 15.7. The van der Waals surface area contributed by atoms with Crippen LogP contribution < -0.4 is 5.32 Å². The first-order valence-corrected chi connectivity index (χ1v) is 25.4. The molecular weight excluding hydrogens is 999 g/mol. The van der Waals surface area contributed by atoms with E-state index in [9.17, 15) is 59.7 Å². The van der Waals surface area contributed by atoms with Crippen LogP contribution in [0.5, 0.6) is 0 Å². The molecule has 0 aromatic heterocycles. The number of rotatable bonds is 16. The van der Waals surface area contributed by atoms with Gasteiger partial charge in [-0.2, -0.15) is 0 Å². The van der Waals surface area contributed by atoms with Crippen LogP contribution in [0, 0.1) is 16.7 Å². The lowest BCUT2D eigenvalue weighted by atomic mass is 9.44. The van der Waals surface area contributed by atoms with E-state index in [4.69, 9.17) is 37.9 Å². The van der Waals surface area contributed by atoms with Gasteiger partial charge in [-0.3, -0.25) is 14.4 Å². The summed E-state index contributed by atoms with van der Waals surface area (Å²) in [7, 11) is 0. The Bertz CT molecular complexity index is 2500. The second kappa shape index (κ2) is 22.5. The molecule has 3 aliphatic carbocycles. The normalized spacial score (nSPS) is 34.6. The summed E-state index contributed by atoms with van der Waals surface area (Å²) in [5.41, 5.74) is -9.11. The second-order valence-corrected chi connectivity index (χ2v) is 22.1. The fraction of sp³-hybridized carbons (Fsp3) is 0.630. The Morgan fingerprint density at radius 1 is 0.882 bits per heavy atom. The molecule has 1 amide bonds. The Morgan fingerprint density at radius 2 is 1.53 bits per heavy atom. The number of hydrogen-bond donors (Lipinski definition) is 8. The van der Waals surface area contributed by atoms with E-state index in [-0.39, 0.29) is 61.2 Å². The minimum atomic E-state index is -2.51. The zero-order valence-electron chi connectivity index (χ0n) is 43.8. The lowest BCUT2D eigenvalue weighted by molar-refractivity contribution is -0.346. The van der Waals surface area contributed by atoms with Gasteiger partial charge in [0.05, 0.1) is 42.3 Å². The molecule has 5 aliphatic rings. The number of nitrogens with one attached hydrogen (secondary N) is 1. The molecule has 22 heteroatoms. The molecule has 2 saturated heterocycles. The van der Waals surface area contributed by atoms with Crippen LogP contribution in [0.2, 0.25) is 0 Å². The first-order valence-electron chi connectivity index (χ1n) is 25.4. The Balaban J connectivity index is 1.30. The number of ether oxygens (including phenoxy) is 8. The van der Waals surface area contributed by atoms with Crippen molar-refractivity contribution in [1.29, 1.82) is 0 Å². The smallest absolute Gasteiger partial charge is 0.408 e. The molecule has 16 atom stereocenters. The summed E-state index contributed by atoms with van der Waals surface area (Å²) in [6.45, 7) is 10.6. The van der Waals surface area contributed by atoms with Crippen LogP contribution in [-0.2, 0) is 57.1 Å². The number of amides is 1. The van der Waals surface area contributed by atoms with Crippen LogP contribution in [-0.4, -0.2) is 175 Å². The molecule has 2 aromatic carbocycles. The van der Waals surface area contributed by atoms with Crippen molar-refractivity contribution in [3.8, 4) is 0 Å². The Kier molecular flexibility index (Phi) is 17.3. The average molecular weight is 1070 g/mol. The van der Waals surface area contributed by atoms with Gasteiger partial charge in [0, 0.05) is 38.2 Å². The zero-order chi connectivity index (χ0) is 55.9. The minimum absolute atomic E-state index is 0.0157. The summed E-state index contributed by atoms with van der Waals surface area (Å²) in [6, 6.07) is 14.2. The lowest BCUT2D eigenvalue weighted by Gasteiger charge is -2.67. The number of hydrogen-bond acceptors (Lipinski definition) is 21. The van der Waals surface area contributed by atoms with Gasteiger partial charge in [0.1, 0.15) is 53.9 Å². The van der Waals surface area contributed by atoms with E-state index >= 15 is 4.79 Å². The average Bonchev–Trinajstić information content (AvgIpc) is 3.39. The number of aliphatic hydroxyl groups is 7. The van der Waals surface area contributed by atoms with Crippen molar-refractivity contribution >= 4 is 35.8 Å². The first-order chi connectivity index (χ1) is 35.6. The number of Topliss-reactive ketones (excluding diaryl/α,β-unsaturated/α-hetero) is 1. The molecule has 0 radical (unpaired) electrons. The standard InChI is InChI=1S/C54H71NO21/c1-27-31(71-47(66)39(61)37(29-17-11-9-12-18-29)55-49(67)76-50(3,4)5)24-54(68)45(74-46(65)30-19-13-10-14-20-30)43-52(8,33(58)23-34-53(43,26-70-34)75-28(2)57)44(64)42(36(27)51(54,6)7)73-35(59)21-15-16-22-69-48-41(63)40(62)38(60)32(25-56)72-48/h9-14,17-20,31-34,37-43,45,48,56,58,60-63,68H,15-16,21-26H2,1-8H3,(H,55,67)/t31-,32+,33-,34+,37-,38+,39+,40-,41+,42+,43-,45-,48+,52+,53-,54+/m0/s1. The van der Waals surface area contributed by atoms with Crippen molar-refractivity contribution in [3.63, 3.8) is 0 Å². The van der Waals surface area contributed by atoms with Crippen molar-refractivity contribution < 1.29 is 102 Å². The third kappa shape index (κ3) is 11.0. The minimum Gasteiger partial charge on any atom is -0.456 e. The molecule has 0 spiro atoms. The molecule has 418 valence electrons. The number of alkyl carbamates (subject to hydrolysis) is 1. The number of aliphatic hydroxyl groups excluding tert-OH is 6. The van der Waals surface area contributed by atoms with E-state index in [1.807, 2.05) is 0 Å². The summed E-state index contributed by atoms with van der Waals surface area (Å²) in [4.78, 5) is 85.7. The van der Waals surface area contributed by atoms with Crippen LogP contribution in [0.3, 0.4) is 0 Å². The first kappa shape index (κ1) is 58.3. The highest BCUT2D eigenvalue weighted by Crippen LogP contribution is 2.64. The van der Waals surface area contributed by atoms with E-state index in [1.54, 1.807) is 69.3 Å². The molecule has 22 nitrogen and oxygen atoms in total. The van der Waals surface area contributed by atoms with Gasteiger partial charge in [-0.05, 0) is 76.3 Å². The lowest BCUT2D eigenvalue weighted by Crippen LogP contribution is -2.82. The molecule has 0 unspecified atom stereocenters. The van der Waals surface area contributed by atoms with Gasteiger partial charge in [-0.15, -0.1) is 0 Å². The predicted octanol–water partition coefficient (Wildman–Crippen LogP) is 1.80. The van der Waals surface area contributed by atoms with Gasteiger partial charge in [-0.1, -0.05) is 62.4 Å². The van der Waals surface area contributed by atoms with Gasteiger partial charge in [0.2, 0.25) is 0 Å². The van der Waals surface area contributed by atoms with E-state index < -0.39 is 156 Å². The molecule has 2 aliphatic heterocycles. The van der Waals surface area contributed by atoms with E-state index in [2.05, 4.69) is 5.32 Å². The Labute approximate surface area is 439 Å². The molecule has 8 N–H and O–H groups in total. The summed E-state index contributed by atoms with van der Waals surface area (Å²) in [5, 5.41) is 81.0. The molecule has 2 bridgehead atoms. The zero-order valence-corrected chi connectivity index (χ0v) is 43.8. The van der Waals surface area contributed by atoms with Crippen molar-refractivity contribution in [3.05, 3.63) is 82.9 Å². The van der Waals surface area contributed by atoms with Gasteiger partial charge in [0.25, 0.3) is 0 Å². The number of ketones is 1. The summed E-state index contributed by atoms with van der Waals surface area (Å²) < 4.78 is 47.3. The maximum absolute atomic E-state index is 16.0. The van der Waals surface area contributed by atoms with Gasteiger partial charge in [0.15, 0.2) is 29.9 Å². The number of carbonyl (C=O) groups is 6. The number of benzene rings is 2. The Hall–Kier alpha value is -5.40. The molecule has 76 heavy (non-hydrogen) atoms. The van der Waals surface area contributed by atoms with Crippen LogP contribution in [0.15, 0.2) is 71.8 Å². The van der Waals surface area contributed by atoms with Gasteiger partial charge < -0.3 is 79.0 Å². The maximum Gasteiger partial charge on any atom is 0.408 e. The molecular formula is C54H71NO21. The van der Waals surface area contributed by atoms with Crippen LogP contribution in [0.1, 0.15) is 109 Å². The molecule has 2 heterocycles. The summed E-state index contributed by atoms with van der Waals surface area (Å²) >= 11 is 0. The highest BCUT2D eigenvalue weighted by molar-refractivity contribution is 5.96. The van der Waals surface area contributed by atoms with Crippen LogP contribution >= 0.6 is 0 Å². The van der Waals surface area contributed by atoms with Crippen LogP contribution in [0.4, 0.5) is 4.79 Å². The van der Waals surface area contributed by atoms with Gasteiger partial charge >= 0.3 is 30.0 Å². The quantitative estimate of drug-likeness (QED) is 0.0514. The van der Waals surface area contributed by atoms with Crippen molar-refractivity contribution in [2.45, 2.75) is 178 Å². The second-order valence-electron chi connectivity index (χ2n) is 22.1. The highest BCUT2D eigenvalue weighted by Gasteiger charge is 2.78. The highest BCUT2D eigenvalue weighted by atomic mass is 16.7. The van der Waals surface area contributed by atoms with Crippen LogP contribution in [0.25, 0.3) is 0 Å². The topological polar surface area (TPSA) is 330 Å². The fourth-order valence-corrected chi connectivity index (χ4v) is 11.6. The van der Waals surface area contributed by atoms with Crippen molar-refractivity contribution in [2.75, 3.05) is 19.8 Å². The number of esters is 4. The summed E-state index contributed by atoms with van der Waals surface area (Å²) in [6.07, 6.45) is -20.2. The predicted molar refractivity (Wildman–Crippen MR) is 261 cm³/mol. The third-order valence-corrected chi connectivity index (χ3v) is 15.7. The number of carbonyl (C=O) groups excluding carboxylic acids is 6. The largest absolute Gasteiger partial charge is 0.456 e. The summed E-state index contributed by atoms with van der Waals surface area (Å²) in [5.74, 6) is -6.74. The van der Waals surface area contributed by atoms with Crippen molar-refractivity contribution in [2.24, 2.45) is 16.7 Å². The molecule has 2 aromatic rings. The van der Waals surface area contributed by atoms with Gasteiger partial charge in [-0.25, -0.2) is 14.4 Å². The monoisotopic (exact) mass is 1070 g/mol. The number of unbranched alkanes of at least 4 members (excludes halogenated alkanes) is 1.